The van der Waals surface area contributed by atoms with Crippen LogP contribution in [-0.4, -0.2) is 25.4 Å². The normalized spacial score (nSPS) is 13.3. The van der Waals surface area contributed by atoms with Gasteiger partial charge in [0.15, 0.2) is 0 Å². The molecule has 3 nitrogen and oxygen atoms in total. The molecule has 0 aliphatic heterocycles. The topological polar surface area (TPSA) is 41.5 Å². The van der Waals surface area contributed by atoms with Gasteiger partial charge in [-0.15, -0.1) is 0 Å². The third-order valence-corrected chi connectivity index (χ3v) is 4.23. The minimum absolute atomic E-state index is 0.000725. The SMILES string of the molecule is CCC(CC)(CO)CN[C@H](C)c1ccc(OC)cc1. The summed E-state index contributed by atoms with van der Waals surface area (Å²) in [7, 11) is 1.68. The molecule has 1 aromatic carbocycles. The summed E-state index contributed by atoms with van der Waals surface area (Å²) in [6, 6.07) is 8.39. The smallest absolute Gasteiger partial charge is 0.118 e. The van der Waals surface area contributed by atoms with Gasteiger partial charge in [-0.2, -0.15) is 0 Å². The van der Waals surface area contributed by atoms with Crippen molar-refractivity contribution in [1.29, 1.82) is 0 Å². The van der Waals surface area contributed by atoms with Crippen LogP contribution in [0.3, 0.4) is 0 Å². The molecule has 19 heavy (non-hydrogen) atoms. The first-order valence-corrected chi connectivity index (χ1v) is 7.09. The van der Waals surface area contributed by atoms with Crippen LogP contribution in [-0.2, 0) is 0 Å². The molecule has 0 amide bonds. The molecule has 2 N–H and O–H groups in total. The molecule has 0 aliphatic carbocycles. The molecule has 0 saturated heterocycles. The second-order valence-electron chi connectivity index (χ2n) is 5.24. The van der Waals surface area contributed by atoms with Crippen LogP contribution in [0.5, 0.6) is 5.75 Å². The van der Waals surface area contributed by atoms with Gasteiger partial charge in [0.2, 0.25) is 0 Å². The van der Waals surface area contributed by atoms with Crippen molar-refractivity contribution in [2.75, 3.05) is 20.3 Å². The molecule has 1 rings (SSSR count). The Labute approximate surface area is 117 Å². The van der Waals surface area contributed by atoms with E-state index in [0.29, 0.717) is 0 Å². The number of aliphatic hydroxyl groups is 1. The lowest BCUT2D eigenvalue weighted by atomic mass is 9.83. The van der Waals surface area contributed by atoms with Crippen LogP contribution < -0.4 is 10.1 Å². The fourth-order valence-corrected chi connectivity index (χ4v) is 2.16. The number of aliphatic hydroxyl groups excluding tert-OH is 1. The van der Waals surface area contributed by atoms with Gasteiger partial charge in [0.05, 0.1) is 7.11 Å². The molecule has 0 fully saturated rings. The van der Waals surface area contributed by atoms with E-state index in [2.05, 4.69) is 38.2 Å². The van der Waals surface area contributed by atoms with E-state index >= 15 is 0 Å². The van der Waals surface area contributed by atoms with E-state index < -0.39 is 0 Å². The highest BCUT2D eigenvalue weighted by Crippen LogP contribution is 2.26. The summed E-state index contributed by atoms with van der Waals surface area (Å²) < 4.78 is 5.16. The largest absolute Gasteiger partial charge is 0.497 e. The van der Waals surface area contributed by atoms with Gasteiger partial charge in [0, 0.05) is 24.6 Å². The molecule has 0 heterocycles. The second kappa shape index (κ2) is 7.51. The van der Waals surface area contributed by atoms with Gasteiger partial charge < -0.3 is 15.2 Å². The van der Waals surface area contributed by atoms with Crippen LogP contribution in [0.1, 0.15) is 45.2 Å². The summed E-state index contributed by atoms with van der Waals surface area (Å²) in [5, 5.41) is 13.1. The highest BCUT2D eigenvalue weighted by Gasteiger charge is 2.25. The summed E-state index contributed by atoms with van der Waals surface area (Å²) in [5.41, 5.74) is 1.24. The summed E-state index contributed by atoms with van der Waals surface area (Å²) in [5.74, 6) is 0.878. The molecule has 0 radical (unpaired) electrons. The third-order valence-electron chi connectivity index (χ3n) is 4.23. The van der Waals surface area contributed by atoms with Gasteiger partial charge >= 0.3 is 0 Å². The van der Waals surface area contributed by atoms with Gasteiger partial charge in [-0.1, -0.05) is 26.0 Å². The number of ether oxygens (including phenoxy) is 1. The van der Waals surface area contributed by atoms with E-state index in [1.165, 1.54) is 5.56 Å². The summed E-state index contributed by atoms with van der Waals surface area (Å²) in [6.45, 7) is 7.50. The van der Waals surface area contributed by atoms with E-state index in [1.807, 2.05) is 12.1 Å². The highest BCUT2D eigenvalue weighted by atomic mass is 16.5. The van der Waals surface area contributed by atoms with Crippen molar-refractivity contribution in [1.82, 2.24) is 5.32 Å². The molecule has 108 valence electrons. The molecule has 0 aromatic heterocycles. The van der Waals surface area contributed by atoms with Gasteiger partial charge in [-0.3, -0.25) is 0 Å². The average molecular weight is 265 g/mol. The van der Waals surface area contributed by atoms with Crippen LogP contribution >= 0.6 is 0 Å². The van der Waals surface area contributed by atoms with Gasteiger partial charge in [-0.25, -0.2) is 0 Å². The Morgan fingerprint density at radius 1 is 1.21 bits per heavy atom. The maximum absolute atomic E-state index is 9.57. The van der Waals surface area contributed by atoms with E-state index in [0.717, 1.165) is 25.1 Å². The Kier molecular flexibility index (Phi) is 6.32. The molecular formula is C16H27NO2. The first kappa shape index (κ1) is 16.0. The molecule has 0 aliphatic rings. The highest BCUT2D eigenvalue weighted by molar-refractivity contribution is 5.28. The lowest BCUT2D eigenvalue weighted by Gasteiger charge is -2.31. The maximum Gasteiger partial charge on any atom is 0.118 e. The van der Waals surface area contributed by atoms with Crippen molar-refractivity contribution < 1.29 is 9.84 Å². The molecular weight excluding hydrogens is 238 g/mol. The standard InChI is InChI=1S/C16H27NO2/c1-5-16(6-2,12-18)11-17-13(3)14-7-9-15(19-4)10-8-14/h7-10,13,17-18H,5-6,11-12H2,1-4H3/t13-/m1/s1. The quantitative estimate of drug-likeness (QED) is 0.758. The number of hydrogen-bond acceptors (Lipinski definition) is 3. The van der Waals surface area contributed by atoms with E-state index in [1.54, 1.807) is 7.11 Å². The zero-order valence-corrected chi connectivity index (χ0v) is 12.6. The van der Waals surface area contributed by atoms with Crippen LogP contribution in [0.25, 0.3) is 0 Å². The fraction of sp³-hybridized carbons (Fsp3) is 0.625. The zero-order valence-electron chi connectivity index (χ0n) is 12.6. The van der Waals surface area contributed by atoms with E-state index in [4.69, 9.17) is 4.74 Å². The zero-order chi connectivity index (χ0) is 14.3. The minimum Gasteiger partial charge on any atom is -0.497 e. The van der Waals surface area contributed by atoms with Gasteiger partial charge in [0.25, 0.3) is 0 Å². The van der Waals surface area contributed by atoms with Gasteiger partial charge in [0.1, 0.15) is 5.75 Å². The average Bonchev–Trinajstić information content (AvgIpc) is 2.49. The Balaban J connectivity index is 2.60. The lowest BCUT2D eigenvalue weighted by Crippen LogP contribution is -2.37. The number of hydrogen-bond donors (Lipinski definition) is 2. The van der Waals surface area contributed by atoms with E-state index in [-0.39, 0.29) is 18.1 Å². The minimum atomic E-state index is 0.000725. The number of benzene rings is 1. The Bertz CT molecular complexity index is 349. The predicted molar refractivity (Wildman–Crippen MR) is 79.5 cm³/mol. The van der Waals surface area contributed by atoms with Crippen molar-refractivity contribution in [2.24, 2.45) is 5.41 Å². The van der Waals surface area contributed by atoms with Crippen molar-refractivity contribution in [3.63, 3.8) is 0 Å². The summed E-state index contributed by atoms with van der Waals surface area (Å²) in [4.78, 5) is 0. The number of methoxy groups -OCH3 is 1. The lowest BCUT2D eigenvalue weighted by molar-refractivity contribution is 0.110. The maximum atomic E-state index is 9.57. The number of nitrogens with one attached hydrogen (secondary N) is 1. The molecule has 3 heteroatoms. The summed E-state index contributed by atoms with van der Waals surface area (Å²) in [6.07, 6.45) is 1.98. The van der Waals surface area contributed by atoms with Gasteiger partial charge in [-0.05, 0) is 37.5 Å². The van der Waals surface area contributed by atoms with Crippen LogP contribution in [0.15, 0.2) is 24.3 Å². The predicted octanol–water partition coefficient (Wildman–Crippen LogP) is 3.14. The van der Waals surface area contributed by atoms with Crippen LogP contribution in [0.4, 0.5) is 0 Å². The van der Waals surface area contributed by atoms with Crippen molar-refractivity contribution in [2.45, 2.75) is 39.7 Å². The van der Waals surface area contributed by atoms with Crippen molar-refractivity contribution >= 4 is 0 Å². The van der Waals surface area contributed by atoms with Crippen LogP contribution in [0.2, 0.25) is 0 Å². The monoisotopic (exact) mass is 265 g/mol. The molecule has 0 bridgehead atoms. The Hall–Kier alpha value is -1.06. The van der Waals surface area contributed by atoms with E-state index in [9.17, 15) is 5.11 Å². The first-order valence-electron chi connectivity index (χ1n) is 7.09. The first-order chi connectivity index (χ1) is 9.10. The Morgan fingerprint density at radius 3 is 2.21 bits per heavy atom. The Morgan fingerprint density at radius 2 is 1.79 bits per heavy atom. The second-order valence-corrected chi connectivity index (χ2v) is 5.24. The molecule has 1 aromatic rings. The molecule has 0 spiro atoms. The summed E-state index contributed by atoms with van der Waals surface area (Å²) >= 11 is 0. The molecule has 0 unspecified atom stereocenters. The fourth-order valence-electron chi connectivity index (χ4n) is 2.16. The van der Waals surface area contributed by atoms with Crippen molar-refractivity contribution in [3.8, 4) is 5.75 Å². The molecule has 1 atom stereocenters. The van der Waals surface area contributed by atoms with Crippen molar-refractivity contribution in [3.05, 3.63) is 29.8 Å². The molecule has 0 saturated carbocycles. The number of rotatable bonds is 8. The van der Waals surface area contributed by atoms with Crippen LogP contribution in [0, 0.1) is 5.41 Å². The third kappa shape index (κ3) is 4.22.